The average molecular weight is 261 g/mol. The van der Waals surface area contributed by atoms with Crippen molar-refractivity contribution in [3.05, 3.63) is 42.0 Å². The average Bonchev–Trinajstić information content (AvgIpc) is 2.36. The van der Waals surface area contributed by atoms with E-state index in [0.29, 0.717) is 10.5 Å². The summed E-state index contributed by atoms with van der Waals surface area (Å²) in [7, 11) is 0. The molecule has 2 N–H and O–H groups in total. The highest BCUT2D eigenvalue weighted by molar-refractivity contribution is 7.80. The maximum atomic E-state index is 12.0. The van der Waals surface area contributed by atoms with E-state index in [0.717, 1.165) is 10.8 Å². The normalized spacial score (nSPS) is 10.3. The summed E-state index contributed by atoms with van der Waals surface area (Å²) >= 11 is 4.25. The molecule has 0 fully saturated rings. The van der Waals surface area contributed by atoms with Gasteiger partial charge in [0.05, 0.1) is 5.56 Å². The Balaban J connectivity index is 2.45. The van der Waals surface area contributed by atoms with Gasteiger partial charge in [0.1, 0.15) is 6.54 Å². The van der Waals surface area contributed by atoms with E-state index in [-0.39, 0.29) is 0 Å². The maximum absolute atomic E-state index is 12.0. The Labute approximate surface area is 109 Å². The van der Waals surface area contributed by atoms with E-state index in [1.165, 1.54) is 0 Å². The summed E-state index contributed by atoms with van der Waals surface area (Å²) in [5.74, 6) is -1.51. The number of benzene rings is 2. The summed E-state index contributed by atoms with van der Waals surface area (Å²) in [6.45, 7) is -0.407. The number of carbonyl (C=O) groups excluding carboxylic acids is 1. The smallest absolute Gasteiger partial charge is 0.322 e. The summed E-state index contributed by atoms with van der Waals surface area (Å²) in [5.41, 5.74) is 0.401. The second-order valence-electron chi connectivity index (χ2n) is 3.76. The number of carboxylic acid groups (broad SMARTS) is 1. The van der Waals surface area contributed by atoms with Crippen LogP contribution in [0, 0.1) is 0 Å². The van der Waals surface area contributed by atoms with Crippen molar-refractivity contribution in [1.29, 1.82) is 0 Å². The molecular weight excluding hydrogens is 250 g/mol. The molecule has 0 bridgehead atoms. The van der Waals surface area contributed by atoms with Gasteiger partial charge >= 0.3 is 5.97 Å². The summed E-state index contributed by atoms with van der Waals surface area (Å²) < 4.78 is 0. The van der Waals surface area contributed by atoms with Gasteiger partial charge in [-0.15, -0.1) is 12.6 Å². The Morgan fingerprint density at radius 2 is 1.89 bits per heavy atom. The van der Waals surface area contributed by atoms with Gasteiger partial charge in [-0.25, -0.2) is 0 Å². The molecule has 0 aliphatic carbocycles. The minimum absolute atomic E-state index is 0.401. The third-order valence-corrected chi connectivity index (χ3v) is 2.91. The zero-order valence-electron chi connectivity index (χ0n) is 9.38. The first-order valence-electron chi connectivity index (χ1n) is 5.30. The number of hydrogen-bond donors (Lipinski definition) is 3. The van der Waals surface area contributed by atoms with Crippen LogP contribution in [-0.2, 0) is 4.79 Å². The lowest BCUT2D eigenvalue weighted by Gasteiger charge is -2.09. The van der Waals surface area contributed by atoms with Gasteiger partial charge in [0.15, 0.2) is 0 Å². The summed E-state index contributed by atoms with van der Waals surface area (Å²) in [4.78, 5) is 22.9. The highest BCUT2D eigenvalue weighted by Gasteiger charge is 2.14. The molecule has 0 aliphatic heterocycles. The first kappa shape index (κ1) is 12.4. The van der Waals surface area contributed by atoms with E-state index in [4.69, 9.17) is 5.11 Å². The second-order valence-corrected chi connectivity index (χ2v) is 4.24. The Morgan fingerprint density at radius 1 is 1.17 bits per heavy atom. The molecule has 92 valence electrons. The van der Waals surface area contributed by atoms with E-state index >= 15 is 0 Å². The molecule has 0 atom stereocenters. The van der Waals surface area contributed by atoms with Crippen LogP contribution in [0.2, 0.25) is 0 Å². The molecule has 0 saturated carbocycles. The fourth-order valence-electron chi connectivity index (χ4n) is 1.74. The Bertz CT molecular complexity index is 625. The first-order valence-corrected chi connectivity index (χ1v) is 5.75. The largest absolute Gasteiger partial charge is 0.480 e. The third kappa shape index (κ3) is 2.46. The van der Waals surface area contributed by atoms with Gasteiger partial charge in [-0.3, -0.25) is 9.59 Å². The quantitative estimate of drug-likeness (QED) is 0.740. The molecule has 5 heteroatoms. The highest BCUT2D eigenvalue weighted by Crippen LogP contribution is 2.24. The highest BCUT2D eigenvalue weighted by atomic mass is 32.1. The lowest BCUT2D eigenvalue weighted by Crippen LogP contribution is -2.29. The number of hydrogen-bond acceptors (Lipinski definition) is 3. The van der Waals surface area contributed by atoms with Crippen molar-refractivity contribution in [2.24, 2.45) is 0 Å². The van der Waals surface area contributed by atoms with Gasteiger partial charge in [0.2, 0.25) is 0 Å². The molecular formula is C13H11NO3S. The minimum Gasteiger partial charge on any atom is -0.480 e. The van der Waals surface area contributed by atoms with Crippen molar-refractivity contribution in [2.45, 2.75) is 4.90 Å². The molecule has 0 radical (unpaired) electrons. The van der Waals surface area contributed by atoms with Crippen LogP contribution in [0.3, 0.4) is 0 Å². The number of fused-ring (bicyclic) bond motifs is 1. The topological polar surface area (TPSA) is 66.4 Å². The molecule has 18 heavy (non-hydrogen) atoms. The molecule has 0 saturated heterocycles. The summed E-state index contributed by atoms with van der Waals surface area (Å²) in [6.07, 6.45) is 0. The van der Waals surface area contributed by atoms with Crippen LogP contribution in [0.1, 0.15) is 10.4 Å². The lowest BCUT2D eigenvalue weighted by molar-refractivity contribution is -0.135. The number of rotatable bonds is 3. The molecule has 2 rings (SSSR count). The molecule has 0 spiro atoms. The minimum atomic E-state index is -1.08. The number of nitrogens with one attached hydrogen (secondary N) is 1. The van der Waals surface area contributed by atoms with Crippen LogP contribution in [0.25, 0.3) is 10.8 Å². The van der Waals surface area contributed by atoms with E-state index < -0.39 is 18.4 Å². The van der Waals surface area contributed by atoms with Crippen LogP contribution in [-0.4, -0.2) is 23.5 Å². The standard InChI is InChI=1S/C13H11NO3S/c15-11(16)7-14-13(17)12-9-4-2-1-3-8(9)5-6-10(12)18/h1-6,18H,7H2,(H,14,17)(H,15,16). The van der Waals surface area contributed by atoms with Crippen molar-refractivity contribution in [3.63, 3.8) is 0 Å². The zero-order chi connectivity index (χ0) is 13.1. The Hall–Kier alpha value is -2.01. The predicted octanol–water partition coefficient (Wildman–Crippen LogP) is 1.94. The van der Waals surface area contributed by atoms with Gasteiger partial charge in [-0.1, -0.05) is 30.3 Å². The number of carbonyl (C=O) groups is 2. The van der Waals surface area contributed by atoms with Crippen LogP contribution in [0.5, 0.6) is 0 Å². The van der Waals surface area contributed by atoms with E-state index in [2.05, 4.69) is 17.9 Å². The Morgan fingerprint density at radius 3 is 2.61 bits per heavy atom. The van der Waals surface area contributed by atoms with Crippen molar-refractivity contribution >= 4 is 35.3 Å². The van der Waals surface area contributed by atoms with Crippen molar-refractivity contribution in [3.8, 4) is 0 Å². The fraction of sp³-hybridized carbons (Fsp3) is 0.0769. The first-order chi connectivity index (χ1) is 8.59. The van der Waals surface area contributed by atoms with Crippen molar-refractivity contribution in [1.82, 2.24) is 5.32 Å². The van der Waals surface area contributed by atoms with E-state index in [1.807, 2.05) is 30.3 Å². The van der Waals surface area contributed by atoms with Gasteiger partial charge in [-0.2, -0.15) is 0 Å². The fourth-order valence-corrected chi connectivity index (χ4v) is 2.04. The zero-order valence-corrected chi connectivity index (χ0v) is 10.3. The van der Waals surface area contributed by atoms with Gasteiger partial charge in [0.25, 0.3) is 5.91 Å². The molecule has 0 aliphatic rings. The van der Waals surface area contributed by atoms with Crippen molar-refractivity contribution < 1.29 is 14.7 Å². The van der Waals surface area contributed by atoms with E-state index in [9.17, 15) is 9.59 Å². The molecule has 0 aromatic heterocycles. The van der Waals surface area contributed by atoms with Crippen molar-refractivity contribution in [2.75, 3.05) is 6.54 Å². The SMILES string of the molecule is O=C(O)CNC(=O)c1c(S)ccc2ccccc12. The van der Waals surface area contributed by atoms with Crippen LogP contribution < -0.4 is 5.32 Å². The van der Waals surface area contributed by atoms with Gasteiger partial charge in [0, 0.05) is 4.90 Å². The molecule has 0 heterocycles. The number of amides is 1. The number of aliphatic carboxylic acids is 1. The van der Waals surface area contributed by atoms with Crippen LogP contribution in [0.4, 0.5) is 0 Å². The lowest BCUT2D eigenvalue weighted by atomic mass is 10.0. The van der Waals surface area contributed by atoms with Crippen LogP contribution in [0.15, 0.2) is 41.3 Å². The monoisotopic (exact) mass is 261 g/mol. The molecule has 4 nitrogen and oxygen atoms in total. The second kappa shape index (κ2) is 5.10. The molecule has 2 aromatic carbocycles. The van der Waals surface area contributed by atoms with Gasteiger partial charge in [-0.05, 0) is 16.8 Å². The molecule has 0 unspecified atom stereocenters. The predicted molar refractivity (Wildman–Crippen MR) is 71.2 cm³/mol. The maximum Gasteiger partial charge on any atom is 0.322 e. The van der Waals surface area contributed by atoms with Crippen LogP contribution >= 0.6 is 12.6 Å². The molecule has 2 aromatic rings. The van der Waals surface area contributed by atoms with Gasteiger partial charge < -0.3 is 10.4 Å². The number of thiol groups is 1. The summed E-state index contributed by atoms with van der Waals surface area (Å²) in [6, 6.07) is 11.0. The summed E-state index contributed by atoms with van der Waals surface area (Å²) in [5, 5.41) is 12.6. The molecule has 1 amide bonds. The Kier molecular flexibility index (Phi) is 3.53. The third-order valence-electron chi connectivity index (χ3n) is 2.53. The number of carboxylic acids is 1. The van der Waals surface area contributed by atoms with E-state index in [1.54, 1.807) is 6.07 Å².